The van der Waals surface area contributed by atoms with E-state index in [1.165, 1.54) is 0 Å². The Morgan fingerprint density at radius 1 is 1.31 bits per heavy atom. The zero-order chi connectivity index (χ0) is 20.4. The van der Waals surface area contributed by atoms with Crippen molar-refractivity contribution in [2.24, 2.45) is 7.05 Å². The minimum Gasteiger partial charge on any atom is -0.391 e. The second-order valence-corrected chi connectivity index (χ2v) is 8.47. The highest BCUT2D eigenvalue weighted by molar-refractivity contribution is 7.98. The van der Waals surface area contributed by atoms with Crippen molar-refractivity contribution < 1.29 is 9.90 Å². The third kappa shape index (κ3) is 4.31. The van der Waals surface area contributed by atoms with Crippen molar-refractivity contribution in [2.45, 2.75) is 49.3 Å². The number of pyridine rings is 2. The van der Waals surface area contributed by atoms with E-state index in [0.717, 1.165) is 52.9 Å². The summed E-state index contributed by atoms with van der Waals surface area (Å²) >= 11 is 1.61. The van der Waals surface area contributed by atoms with Gasteiger partial charge in [0.1, 0.15) is 11.3 Å². The predicted molar refractivity (Wildman–Crippen MR) is 115 cm³/mol. The van der Waals surface area contributed by atoms with Crippen LogP contribution < -0.4 is 5.32 Å². The molecule has 0 unspecified atom stereocenters. The molecular weight excluding hydrogens is 384 g/mol. The summed E-state index contributed by atoms with van der Waals surface area (Å²) in [5.74, 6) is -0.226. The number of amides is 1. The molecule has 1 fully saturated rings. The standard InChI is InChI=1S/C22H26N4O2S/c1-26-10-9-16-15(11-14-7-8-20(29-2)23-13-14)12-18(24-21(16)26)22(28)25-17-5-3-4-6-19(17)27/h7-10,12-13,17,19,27H,3-6,11H2,1-2H3,(H,25,28)/t17-,19-/m0/s1. The van der Waals surface area contributed by atoms with E-state index in [-0.39, 0.29) is 11.9 Å². The number of carbonyl (C=O) groups is 1. The number of aromatic nitrogens is 3. The summed E-state index contributed by atoms with van der Waals surface area (Å²) in [5.41, 5.74) is 3.31. The summed E-state index contributed by atoms with van der Waals surface area (Å²) in [4.78, 5) is 22.0. The van der Waals surface area contributed by atoms with Crippen LogP contribution in [0.5, 0.6) is 0 Å². The summed E-state index contributed by atoms with van der Waals surface area (Å²) in [7, 11) is 1.93. The van der Waals surface area contributed by atoms with Crippen molar-refractivity contribution in [2.75, 3.05) is 6.26 Å². The number of hydrogen-bond acceptors (Lipinski definition) is 5. The first-order chi connectivity index (χ1) is 14.0. The molecule has 152 valence electrons. The third-order valence-electron chi connectivity index (χ3n) is 5.60. The number of rotatable bonds is 5. The normalized spacial score (nSPS) is 19.4. The fourth-order valence-corrected chi connectivity index (χ4v) is 4.30. The van der Waals surface area contributed by atoms with Crippen LogP contribution in [-0.4, -0.2) is 44.0 Å². The van der Waals surface area contributed by atoms with Gasteiger partial charge in [0.25, 0.3) is 5.91 Å². The van der Waals surface area contributed by atoms with E-state index < -0.39 is 6.10 Å². The molecule has 29 heavy (non-hydrogen) atoms. The number of fused-ring (bicyclic) bond motifs is 1. The molecule has 1 aliphatic carbocycles. The molecule has 4 rings (SSSR count). The van der Waals surface area contributed by atoms with Crippen LogP contribution >= 0.6 is 11.8 Å². The van der Waals surface area contributed by atoms with Crippen molar-refractivity contribution in [3.05, 3.63) is 53.5 Å². The second-order valence-electron chi connectivity index (χ2n) is 7.65. The van der Waals surface area contributed by atoms with Gasteiger partial charge in [0.05, 0.1) is 17.2 Å². The molecule has 2 atom stereocenters. The van der Waals surface area contributed by atoms with Gasteiger partial charge in [-0.3, -0.25) is 4.79 Å². The number of carbonyl (C=O) groups excluding carboxylic acids is 1. The molecule has 7 heteroatoms. The van der Waals surface area contributed by atoms with E-state index in [1.807, 2.05) is 48.5 Å². The van der Waals surface area contributed by atoms with E-state index in [0.29, 0.717) is 12.1 Å². The van der Waals surface area contributed by atoms with E-state index >= 15 is 0 Å². The average molecular weight is 411 g/mol. The van der Waals surface area contributed by atoms with E-state index in [2.05, 4.69) is 21.4 Å². The topological polar surface area (TPSA) is 80.0 Å². The summed E-state index contributed by atoms with van der Waals surface area (Å²) in [6, 6.07) is 7.80. The maximum Gasteiger partial charge on any atom is 0.270 e. The molecule has 0 spiro atoms. The first-order valence-corrected chi connectivity index (χ1v) is 11.2. The highest BCUT2D eigenvalue weighted by atomic mass is 32.2. The van der Waals surface area contributed by atoms with Gasteiger partial charge < -0.3 is 15.0 Å². The van der Waals surface area contributed by atoms with Gasteiger partial charge >= 0.3 is 0 Å². The lowest BCUT2D eigenvalue weighted by Crippen LogP contribution is -2.45. The minimum atomic E-state index is -0.480. The van der Waals surface area contributed by atoms with Crippen molar-refractivity contribution in [1.82, 2.24) is 19.9 Å². The van der Waals surface area contributed by atoms with Gasteiger partial charge in [-0.1, -0.05) is 18.9 Å². The monoisotopic (exact) mass is 410 g/mol. The van der Waals surface area contributed by atoms with Crippen LogP contribution in [0.2, 0.25) is 0 Å². The van der Waals surface area contributed by atoms with Crippen molar-refractivity contribution in [1.29, 1.82) is 0 Å². The van der Waals surface area contributed by atoms with Crippen LogP contribution in [0.3, 0.4) is 0 Å². The molecule has 2 N–H and O–H groups in total. The molecule has 0 aromatic carbocycles. The van der Waals surface area contributed by atoms with Gasteiger partial charge in [0, 0.05) is 24.8 Å². The quantitative estimate of drug-likeness (QED) is 0.631. The van der Waals surface area contributed by atoms with Gasteiger partial charge in [0.2, 0.25) is 0 Å². The Labute approximate surface area is 174 Å². The number of nitrogens with zero attached hydrogens (tertiary/aromatic N) is 3. The molecule has 1 saturated carbocycles. The Morgan fingerprint density at radius 3 is 2.86 bits per heavy atom. The number of aliphatic hydroxyl groups excluding tert-OH is 1. The Hall–Kier alpha value is -2.38. The Balaban J connectivity index is 1.64. The zero-order valence-corrected chi connectivity index (χ0v) is 17.6. The van der Waals surface area contributed by atoms with Gasteiger partial charge in [0.15, 0.2) is 0 Å². The molecule has 3 aromatic heterocycles. The fraction of sp³-hybridized carbons (Fsp3) is 0.409. The minimum absolute atomic E-state index is 0.200. The average Bonchev–Trinajstić information content (AvgIpc) is 3.11. The van der Waals surface area contributed by atoms with Gasteiger partial charge in [-0.15, -0.1) is 11.8 Å². The third-order valence-corrected chi connectivity index (χ3v) is 6.26. The summed E-state index contributed by atoms with van der Waals surface area (Å²) < 4.78 is 1.93. The molecular formula is C22H26N4O2S. The smallest absolute Gasteiger partial charge is 0.270 e. The van der Waals surface area contributed by atoms with Gasteiger partial charge in [-0.2, -0.15) is 0 Å². The summed E-state index contributed by atoms with van der Waals surface area (Å²) in [6.07, 6.45) is 9.63. The van der Waals surface area contributed by atoms with E-state index in [4.69, 9.17) is 0 Å². The SMILES string of the molecule is CSc1ccc(Cc2cc(C(=O)N[C@H]3CCCC[C@@H]3O)nc3c2ccn3C)cn1. The molecule has 1 aliphatic rings. The van der Waals surface area contributed by atoms with Crippen LogP contribution in [0.1, 0.15) is 47.3 Å². The highest BCUT2D eigenvalue weighted by Gasteiger charge is 2.25. The maximum atomic E-state index is 12.9. The summed E-state index contributed by atoms with van der Waals surface area (Å²) in [6.45, 7) is 0. The largest absolute Gasteiger partial charge is 0.391 e. The molecule has 0 bridgehead atoms. The summed E-state index contributed by atoms with van der Waals surface area (Å²) in [5, 5.41) is 15.2. The number of hydrogen-bond donors (Lipinski definition) is 2. The number of aryl methyl sites for hydroxylation is 1. The fourth-order valence-electron chi connectivity index (χ4n) is 3.94. The lowest BCUT2D eigenvalue weighted by molar-refractivity contribution is 0.0714. The molecule has 1 amide bonds. The molecule has 6 nitrogen and oxygen atoms in total. The maximum absolute atomic E-state index is 12.9. The zero-order valence-electron chi connectivity index (χ0n) is 16.8. The number of aliphatic hydroxyl groups is 1. The van der Waals surface area contributed by atoms with Crippen LogP contribution in [0, 0.1) is 0 Å². The lowest BCUT2D eigenvalue weighted by atomic mass is 9.92. The predicted octanol–water partition coefficient (Wildman–Crippen LogP) is 3.31. The molecule has 0 aliphatic heterocycles. The first-order valence-electron chi connectivity index (χ1n) is 9.98. The van der Waals surface area contributed by atoms with Crippen LogP contribution in [0.4, 0.5) is 0 Å². The molecule has 0 saturated heterocycles. The molecule has 3 heterocycles. The van der Waals surface area contributed by atoms with Crippen LogP contribution in [-0.2, 0) is 13.5 Å². The second kappa shape index (κ2) is 8.55. The Bertz CT molecular complexity index is 1020. The van der Waals surface area contributed by atoms with Gasteiger partial charge in [-0.25, -0.2) is 9.97 Å². The van der Waals surface area contributed by atoms with Gasteiger partial charge in [-0.05, 0) is 54.8 Å². The van der Waals surface area contributed by atoms with Crippen LogP contribution in [0.15, 0.2) is 41.7 Å². The molecule has 0 radical (unpaired) electrons. The highest BCUT2D eigenvalue weighted by Crippen LogP contribution is 2.24. The van der Waals surface area contributed by atoms with E-state index in [1.54, 1.807) is 11.8 Å². The first kappa shape index (κ1) is 19.9. The number of nitrogens with one attached hydrogen (secondary N) is 1. The Morgan fingerprint density at radius 2 is 2.14 bits per heavy atom. The Kier molecular flexibility index (Phi) is 5.87. The van der Waals surface area contributed by atoms with Crippen molar-refractivity contribution in [3.8, 4) is 0 Å². The van der Waals surface area contributed by atoms with E-state index in [9.17, 15) is 9.90 Å². The molecule has 3 aromatic rings. The van der Waals surface area contributed by atoms with Crippen LogP contribution in [0.25, 0.3) is 11.0 Å². The lowest BCUT2D eigenvalue weighted by Gasteiger charge is -2.28. The van der Waals surface area contributed by atoms with Crippen molar-refractivity contribution in [3.63, 3.8) is 0 Å². The number of thioether (sulfide) groups is 1. The van der Waals surface area contributed by atoms with Crippen molar-refractivity contribution >= 4 is 28.7 Å².